The molecule has 25 heavy (non-hydrogen) atoms. The zero-order valence-electron chi connectivity index (χ0n) is 17.0. The largest absolute Gasteiger partial charge is 0.466 e. The number of ether oxygens (including phenoxy) is 1. The molecule has 0 aliphatic rings. The Kier molecular flexibility index (Phi) is 20.2. The molecular weight excluding hydrogens is 376 g/mol. The van der Waals surface area contributed by atoms with Gasteiger partial charge in [-0.3, -0.25) is 4.79 Å². The van der Waals surface area contributed by atoms with E-state index in [9.17, 15) is 4.79 Å². The Morgan fingerprint density at radius 3 is 1.92 bits per heavy atom. The van der Waals surface area contributed by atoms with Gasteiger partial charge in [-0.05, 0) is 31.6 Å². The van der Waals surface area contributed by atoms with Crippen molar-refractivity contribution in [2.75, 3.05) is 11.9 Å². The minimum absolute atomic E-state index is 0.00834. The molecule has 0 aliphatic heterocycles. The van der Waals surface area contributed by atoms with Crippen LogP contribution in [0.1, 0.15) is 117 Å². The molecule has 0 spiro atoms. The van der Waals surface area contributed by atoms with Crippen LogP contribution >= 0.6 is 15.9 Å². The van der Waals surface area contributed by atoms with Crippen molar-refractivity contribution in [3.05, 3.63) is 0 Å². The summed E-state index contributed by atoms with van der Waals surface area (Å²) in [6.45, 7) is 5.17. The average Bonchev–Trinajstić information content (AvgIpc) is 2.61. The molecule has 0 rings (SSSR count). The molecule has 0 unspecified atom stereocenters. The number of hydrogen-bond acceptors (Lipinski definition) is 2. The summed E-state index contributed by atoms with van der Waals surface area (Å²) in [5.74, 6) is 0.847. The van der Waals surface area contributed by atoms with Crippen molar-refractivity contribution in [2.45, 2.75) is 117 Å². The highest BCUT2D eigenvalue weighted by Gasteiger charge is 2.09. The minimum Gasteiger partial charge on any atom is -0.466 e. The van der Waals surface area contributed by atoms with Crippen LogP contribution in [0.5, 0.6) is 0 Å². The van der Waals surface area contributed by atoms with E-state index in [1.807, 2.05) is 0 Å². The molecule has 0 atom stereocenters. The zero-order chi connectivity index (χ0) is 18.6. The van der Waals surface area contributed by atoms with E-state index in [2.05, 4.69) is 29.8 Å². The molecule has 0 heterocycles. The molecule has 0 bridgehead atoms. The molecule has 2 nitrogen and oxygen atoms in total. The molecule has 0 saturated heterocycles. The molecule has 0 aliphatic carbocycles. The standard InChI is InChI=1S/C22H43BrO2/c1-3-5-10-15-21(16-11-6-4-2)17-14-20-25-22(24)18-12-8-7-9-13-19-23/h21H,3-20H2,1-2H3. The number of alkyl halides is 1. The van der Waals surface area contributed by atoms with Gasteiger partial charge >= 0.3 is 5.97 Å². The Labute approximate surface area is 166 Å². The molecule has 0 radical (unpaired) electrons. The maximum Gasteiger partial charge on any atom is 0.305 e. The third-order valence-corrected chi connectivity index (χ3v) is 5.53. The fourth-order valence-corrected chi connectivity index (χ4v) is 3.72. The van der Waals surface area contributed by atoms with Crippen LogP contribution in [0.2, 0.25) is 0 Å². The van der Waals surface area contributed by atoms with E-state index in [0.29, 0.717) is 13.0 Å². The summed E-state index contributed by atoms with van der Waals surface area (Å²) in [4.78, 5) is 11.8. The predicted molar refractivity (Wildman–Crippen MR) is 113 cm³/mol. The molecule has 0 aromatic rings. The van der Waals surface area contributed by atoms with Crippen LogP contribution in [0.25, 0.3) is 0 Å². The lowest BCUT2D eigenvalue weighted by Crippen LogP contribution is -2.08. The molecule has 0 N–H and O–H groups in total. The number of carbonyl (C=O) groups is 1. The summed E-state index contributed by atoms with van der Waals surface area (Å²) in [7, 11) is 0. The van der Waals surface area contributed by atoms with E-state index in [-0.39, 0.29) is 5.97 Å². The lowest BCUT2D eigenvalue weighted by molar-refractivity contribution is -0.144. The first-order valence-corrected chi connectivity index (χ1v) is 12.1. The molecule has 150 valence electrons. The van der Waals surface area contributed by atoms with Crippen LogP contribution in [0, 0.1) is 5.92 Å². The van der Waals surface area contributed by atoms with Crippen molar-refractivity contribution in [1.29, 1.82) is 0 Å². The van der Waals surface area contributed by atoms with Crippen molar-refractivity contribution < 1.29 is 9.53 Å². The summed E-state index contributed by atoms with van der Waals surface area (Å²) in [6, 6.07) is 0. The Hall–Kier alpha value is -0.0500. The van der Waals surface area contributed by atoms with E-state index >= 15 is 0 Å². The van der Waals surface area contributed by atoms with Crippen molar-refractivity contribution in [1.82, 2.24) is 0 Å². The number of hydrogen-bond donors (Lipinski definition) is 0. The monoisotopic (exact) mass is 418 g/mol. The van der Waals surface area contributed by atoms with Gasteiger partial charge < -0.3 is 4.74 Å². The van der Waals surface area contributed by atoms with Gasteiger partial charge in [0.1, 0.15) is 0 Å². The number of carbonyl (C=O) groups excluding carboxylic acids is 1. The number of halogens is 1. The Morgan fingerprint density at radius 2 is 1.32 bits per heavy atom. The fourth-order valence-electron chi connectivity index (χ4n) is 3.32. The van der Waals surface area contributed by atoms with Crippen LogP contribution in [0.3, 0.4) is 0 Å². The first-order chi connectivity index (χ1) is 12.2. The number of esters is 1. The average molecular weight is 419 g/mol. The Balaban J connectivity index is 3.67. The van der Waals surface area contributed by atoms with Gasteiger partial charge in [-0.15, -0.1) is 0 Å². The van der Waals surface area contributed by atoms with E-state index in [1.54, 1.807) is 0 Å². The fraction of sp³-hybridized carbons (Fsp3) is 0.955. The Morgan fingerprint density at radius 1 is 0.760 bits per heavy atom. The third kappa shape index (κ3) is 18.5. The van der Waals surface area contributed by atoms with Crippen LogP contribution in [-0.4, -0.2) is 17.9 Å². The maximum absolute atomic E-state index is 11.8. The SMILES string of the molecule is CCCCCC(CCCCC)CCCOC(=O)CCCCCCCBr. The summed E-state index contributed by atoms with van der Waals surface area (Å²) >= 11 is 3.45. The molecule has 0 amide bonds. The van der Waals surface area contributed by atoms with E-state index in [0.717, 1.165) is 30.5 Å². The van der Waals surface area contributed by atoms with E-state index < -0.39 is 0 Å². The highest BCUT2D eigenvalue weighted by Crippen LogP contribution is 2.22. The molecule has 0 aromatic heterocycles. The molecular formula is C22H43BrO2. The number of rotatable bonds is 19. The van der Waals surface area contributed by atoms with Crippen molar-refractivity contribution in [3.63, 3.8) is 0 Å². The van der Waals surface area contributed by atoms with E-state index in [1.165, 1.54) is 77.0 Å². The second-order valence-electron chi connectivity index (χ2n) is 7.43. The van der Waals surface area contributed by atoms with Crippen molar-refractivity contribution in [3.8, 4) is 0 Å². The van der Waals surface area contributed by atoms with Crippen LogP contribution in [0.15, 0.2) is 0 Å². The first-order valence-electron chi connectivity index (χ1n) is 11.0. The van der Waals surface area contributed by atoms with Gasteiger partial charge in [0.15, 0.2) is 0 Å². The van der Waals surface area contributed by atoms with Gasteiger partial charge in [-0.25, -0.2) is 0 Å². The number of unbranched alkanes of at least 4 members (excludes halogenated alkanes) is 8. The topological polar surface area (TPSA) is 26.3 Å². The van der Waals surface area contributed by atoms with Crippen LogP contribution < -0.4 is 0 Å². The second kappa shape index (κ2) is 20.3. The molecule has 0 fully saturated rings. The van der Waals surface area contributed by atoms with Gasteiger partial charge in [-0.2, -0.15) is 0 Å². The third-order valence-electron chi connectivity index (χ3n) is 4.97. The van der Waals surface area contributed by atoms with Crippen molar-refractivity contribution >= 4 is 21.9 Å². The van der Waals surface area contributed by atoms with E-state index in [4.69, 9.17) is 4.74 Å². The highest BCUT2D eigenvalue weighted by molar-refractivity contribution is 9.09. The summed E-state index contributed by atoms with van der Waals surface area (Å²) < 4.78 is 5.42. The summed E-state index contributed by atoms with van der Waals surface area (Å²) in [5.41, 5.74) is 0. The second-order valence-corrected chi connectivity index (χ2v) is 8.22. The smallest absolute Gasteiger partial charge is 0.305 e. The quantitative estimate of drug-likeness (QED) is 0.121. The molecule has 3 heteroatoms. The minimum atomic E-state index is 0.00834. The maximum atomic E-state index is 11.8. The molecule has 0 saturated carbocycles. The first kappa shape index (κ1) is 24.9. The lowest BCUT2D eigenvalue weighted by atomic mass is 9.91. The van der Waals surface area contributed by atoms with Crippen LogP contribution in [0.4, 0.5) is 0 Å². The highest BCUT2D eigenvalue weighted by atomic mass is 79.9. The van der Waals surface area contributed by atoms with Gasteiger partial charge in [-0.1, -0.05) is 100 Å². The van der Waals surface area contributed by atoms with Gasteiger partial charge in [0.2, 0.25) is 0 Å². The predicted octanol–water partition coefficient (Wildman–Crippen LogP) is 7.82. The Bertz CT molecular complexity index is 271. The van der Waals surface area contributed by atoms with Gasteiger partial charge in [0.25, 0.3) is 0 Å². The normalized spacial score (nSPS) is 11.2. The van der Waals surface area contributed by atoms with Crippen molar-refractivity contribution in [2.24, 2.45) is 5.92 Å². The summed E-state index contributed by atoms with van der Waals surface area (Å²) in [6.07, 6.45) is 19.5. The zero-order valence-corrected chi connectivity index (χ0v) is 18.6. The molecule has 0 aromatic carbocycles. The summed E-state index contributed by atoms with van der Waals surface area (Å²) in [5, 5.41) is 1.09. The van der Waals surface area contributed by atoms with Gasteiger partial charge in [0.05, 0.1) is 6.61 Å². The van der Waals surface area contributed by atoms with Gasteiger partial charge in [0, 0.05) is 11.8 Å². The lowest BCUT2D eigenvalue weighted by Gasteiger charge is -2.16. The van der Waals surface area contributed by atoms with Crippen LogP contribution in [-0.2, 0) is 9.53 Å².